The summed E-state index contributed by atoms with van der Waals surface area (Å²) in [6, 6.07) is 3.93. The Hall–Kier alpha value is -0.100. The lowest BCUT2D eigenvalue weighted by Crippen LogP contribution is -2.26. The zero-order valence-electron chi connectivity index (χ0n) is 8.87. The van der Waals surface area contributed by atoms with Gasteiger partial charge in [-0.3, -0.25) is 4.79 Å². The molecule has 1 rings (SSSR count). The standard InChI is InChI=1S/C10H15BrN2OS.ClH/c11-9-4-3-8(15-9)7-10(14)13-6-2-1-5-12;/h3-4H,1-2,5-7,12H2,(H,13,14);1H. The van der Waals surface area contributed by atoms with Crippen molar-refractivity contribution in [2.45, 2.75) is 19.3 Å². The van der Waals surface area contributed by atoms with E-state index in [0.717, 1.165) is 28.0 Å². The van der Waals surface area contributed by atoms with Crippen molar-refractivity contribution in [2.75, 3.05) is 13.1 Å². The van der Waals surface area contributed by atoms with Crippen molar-refractivity contribution in [3.8, 4) is 0 Å². The molecule has 1 heterocycles. The molecule has 16 heavy (non-hydrogen) atoms. The van der Waals surface area contributed by atoms with Gasteiger partial charge in [0.25, 0.3) is 0 Å². The van der Waals surface area contributed by atoms with Gasteiger partial charge in [0.05, 0.1) is 10.2 Å². The average Bonchev–Trinajstić information content (AvgIpc) is 2.59. The second kappa shape index (κ2) is 8.98. The molecule has 1 amide bonds. The molecule has 0 fully saturated rings. The number of hydrogen-bond donors (Lipinski definition) is 2. The van der Waals surface area contributed by atoms with Gasteiger partial charge in [0.1, 0.15) is 0 Å². The zero-order valence-corrected chi connectivity index (χ0v) is 12.1. The van der Waals surface area contributed by atoms with Gasteiger partial charge in [-0.05, 0) is 47.4 Å². The van der Waals surface area contributed by atoms with Crippen molar-refractivity contribution < 1.29 is 4.79 Å². The molecule has 0 bridgehead atoms. The second-order valence-electron chi connectivity index (χ2n) is 3.23. The highest BCUT2D eigenvalue weighted by atomic mass is 79.9. The van der Waals surface area contributed by atoms with E-state index in [0.29, 0.717) is 13.0 Å². The van der Waals surface area contributed by atoms with Crippen LogP contribution in [0, 0.1) is 0 Å². The smallest absolute Gasteiger partial charge is 0.225 e. The Kier molecular flexibility index (Phi) is 8.93. The van der Waals surface area contributed by atoms with Crippen molar-refractivity contribution in [1.82, 2.24) is 5.32 Å². The highest BCUT2D eigenvalue weighted by Crippen LogP contribution is 2.22. The third kappa shape index (κ3) is 6.48. The fraction of sp³-hybridized carbons (Fsp3) is 0.500. The first-order chi connectivity index (χ1) is 7.22. The molecule has 0 spiro atoms. The molecule has 1 aromatic heterocycles. The Labute approximate surface area is 114 Å². The van der Waals surface area contributed by atoms with E-state index in [4.69, 9.17) is 5.73 Å². The third-order valence-electron chi connectivity index (χ3n) is 1.92. The number of nitrogens with one attached hydrogen (secondary N) is 1. The zero-order chi connectivity index (χ0) is 11.1. The predicted octanol–water partition coefficient (Wildman–Crippen LogP) is 2.33. The number of carbonyl (C=O) groups is 1. The SMILES string of the molecule is Cl.NCCCCNC(=O)Cc1ccc(Br)s1. The lowest BCUT2D eigenvalue weighted by molar-refractivity contribution is -0.120. The molecule has 0 saturated heterocycles. The number of halogens is 2. The molecule has 0 atom stereocenters. The lowest BCUT2D eigenvalue weighted by Gasteiger charge is -2.02. The van der Waals surface area contributed by atoms with E-state index >= 15 is 0 Å². The summed E-state index contributed by atoms with van der Waals surface area (Å²) < 4.78 is 1.06. The van der Waals surface area contributed by atoms with Gasteiger partial charge >= 0.3 is 0 Å². The van der Waals surface area contributed by atoms with E-state index in [1.165, 1.54) is 0 Å². The van der Waals surface area contributed by atoms with Gasteiger partial charge in [-0.2, -0.15) is 0 Å². The molecule has 0 aromatic carbocycles. The highest BCUT2D eigenvalue weighted by Gasteiger charge is 2.04. The topological polar surface area (TPSA) is 55.1 Å². The molecule has 3 N–H and O–H groups in total. The number of amides is 1. The monoisotopic (exact) mass is 326 g/mol. The summed E-state index contributed by atoms with van der Waals surface area (Å²) in [7, 11) is 0. The van der Waals surface area contributed by atoms with E-state index in [-0.39, 0.29) is 18.3 Å². The maximum absolute atomic E-state index is 11.4. The first-order valence-corrected chi connectivity index (χ1v) is 6.54. The summed E-state index contributed by atoms with van der Waals surface area (Å²) in [6.07, 6.45) is 2.39. The van der Waals surface area contributed by atoms with Crippen molar-refractivity contribution in [3.63, 3.8) is 0 Å². The normalized spacial score (nSPS) is 9.62. The lowest BCUT2D eigenvalue weighted by atomic mass is 10.3. The average molecular weight is 328 g/mol. The maximum Gasteiger partial charge on any atom is 0.225 e. The third-order valence-corrected chi connectivity index (χ3v) is 3.54. The summed E-state index contributed by atoms with van der Waals surface area (Å²) >= 11 is 4.96. The number of nitrogens with two attached hydrogens (primary N) is 1. The minimum absolute atomic E-state index is 0. The molecular weight excluding hydrogens is 312 g/mol. The molecule has 0 aliphatic rings. The van der Waals surface area contributed by atoms with E-state index < -0.39 is 0 Å². The molecule has 0 aliphatic heterocycles. The molecule has 3 nitrogen and oxygen atoms in total. The van der Waals surface area contributed by atoms with Crippen LogP contribution < -0.4 is 11.1 Å². The first kappa shape index (κ1) is 15.9. The van der Waals surface area contributed by atoms with Crippen molar-refractivity contribution in [1.29, 1.82) is 0 Å². The van der Waals surface area contributed by atoms with Crippen LogP contribution in [-0.2, 0) is 11.2 Å². The molecule has 0 saturated carbocycles. The Morgan fingerprint density at radius 1 is 1.44 bits per heavy atom. The van der Waals surface area contributed by atoms with Gasteiger partial charge < -0.3 is 11.1 Å². The van der Waals surface area contributed by atoms with Crippen LogP contribution in [0.4, 0.5) is 0 Å². The van der Waals surface area contributed by atoms with Crippen LogP contribution in [0.2, 0.25) is 0 Å². The van der Waals surface area contributed by atoms with Gasteiger partial charge in [0.2, 0.25) is 5.91 Å². The fourth-order valence-corrected chi connectivity index (χ4v) is 2.65. The van der Waals surface area contributed by atoms with Crippen molar-refractivity contribution >= 4 is 45.6 Å². The molecule has 0 radical (unpaired) electrons. The second-order valence-corrected chi connectivity index (χ2v) is 5.78. The number of hydrogen-bond acceptors (Lipinski definition) is 3. The summed E-state index contributed by atoms with van der Waals surface area (Å²) in [5.41, 5.74) is 5.36. The summed E-state index contributed by atoms with van der Waals surface area (Å²) in [5.74, 6) is 0.0846. The highest BCUT2D eigenvalue weighted by molar-refractivity contribution is 9.11. The van der Waals surface area contributed by atoms with E-state index in [1.807, 2.05) is 12.1 Å². The summed E-state index contributed by atoms with van der Waals surface area (Å²) in [5, 5.41) is 2.87. The maximum atomic E-state index is 11.4. The van der Waals surface area contributed by atoms with Gasteiger partial charge in [-0.1, -0.05) is 0 Å². The minimum Gasteiger partial charge on any atom is -0.356 e. The molecule has 1 aromatic rings. The number of thiophene rings is 1. The van der Waals surface area contributed by atoms with Gasteiger partial charge in [-0.25, -0.2) is 0 Å². The van der Waals surface area contributed by atoms with Crippen LogP contribution in [0.3, 0.4) is 0 Å². The van der Waals surface area contributed by atoms with Crippen LogP contribution in [0.5, 0.6) is 0 Å². The largest absolute Gasteiger partial charge is 0.356 e. The Morgan fingerprint density at radius 2 is 2.19 bits per heavy atom. The summed E-state index contributed by atoms with van der Waals surface area (Å²) in [4.78, 5) is 12.5. The predicted molar refractivity (Wildman–Crippen MR) is 74.3 cm³/mol. The number of rotatable bonds is 6. The quantitative estimate of drug-likeness (QED) is 0.788. The van der Waals surface area contributed by atoms with E-state index in [9.17, 15) is 4.79 Å². The van der Waals surface area contributed by atoms with Crippen molar-refractivity contribution in [2.24, 2.45) is 5.73 Å². The number of carbonyl (C=O) groups excluding carboxylic acids is 1. The molecule has 0 unspecified atom stereocenters. The molecule has 92 valence electrons. The van der Waals surface area contributed by atoms with Crippen LogP contribution >= 0.6 is 39.7 Å². The Bertz CT molecular complexity index is 320. The van der Waals surface area contributed by atoms with Crippen LogP contribution in [0.25, 0.3) is 0 Å². The Morgan fingerprint density at radius 3 is 2.75 bits per heavy atom. The number of unbranched alkanes of at least 4 members (excludes halogenated alkanes) is 1. The Balaban J connectivity index is 0.00000225. The van der Waals surface area contributed by atoms with Gasteiger partial charge in [0, 0.05) is 11.4 Å². The molecule has 0 aliphatic carbocycles. The van der Waals surface area contributed by atoms with Crippen LogP contribution in [0.15, 0.2) is 15.9 Å². The van der Waals surface area contributed by atoms with E-state index in [2.05, 4.69) is 21.2 Å². The fourth-order valence-electron chi connectivity index (χ4n) is 1.16. The molecule has 6 heteroatoms. The summed E-state index contributed by atoms with van der Waals surface area (Å²) in [6.45, 7) is 1.41. The minimum atomic E-state index is 0. The van der Waals surface area contributed by atoms with Crippen LogP contribution in [-0.4, -0.2) is 19.0 Å². The van der Waals surface area contributed by atoms with Crippen LogP contribution in [0.1, 0.15) is 17.7 Å². The van der Waals surface area contributed by atoms with Gasteiger partial charge in [0.15, 0.2) is 0 Å². The van der Waals surface area contributed by atoms with Crippen molar-refractivity contribution in [3.05, 3.63) is 20.8 Å². The first-order valence-electron chi connectivity index (χ1n) is 4.93. The van der Waals surface area contributed by atoms with E-state index in [1.54, 1.807) is 11.3 Å². The van der Waals surface area contributed by atoms with Gasteiger partial charge in [-0.15, -0.1) is 23.7 Å². The molecular formula is C10H16BrClN2OS.